The highest BCUT2D eigenvalue weighted by molar-refractivity contribution is 5.89. The van der Waals surface area contributed by atoms with Crippen molar-refractivity contribution in [1.29, 1.82) is 0 Å². The van der Waals surface area contributed by atoms with Gasteiger partial charge in [-0.15, -0.1) is 0 Å². The summed E-state index contributed by atoms with van der Waals surface area (Å²) >= 11 is 0. The minimum Gasteiger partial charge on any atom is -0.310 e. The van der Waals surface area contributed by atoms with Crippen LogP contribution in [0.15, 0.2) is 164 Å². The number of hydrogen-bond donors (Lipinski definition) is 0. The van der Waals surface area contributed by atoms with Crippen LogP contribution < -0.4 is 4.90 Å². The van der Waals surface area contributed by atoms with E-state index in [4.69, 9.17) is 0 Å². The van der Waals surface area contributed by atoms with E-state index in [0.29, 0.717) is 23.7 Å². The molecular formula is C67H73N. The van der Waals surface area contributed by atoms with E-state index in [9.17, 15) is 0 Å². The van der Waals surface area contributed by atoms with E-state index in [0.717, 1.165) is 0 Å². The molecule has 0 N–H and O–H groups in total. The van der Waals surface area contributed by atoms with Crippen LogP contribution in [0.25, 0.3) is 22.3 Å². The lowest BCUT2D eigenvalue weighted by molar-refractivity contribution is 0.443. The molecule has 1 heteroatoms. The highest BCUT2D eigenvalue weighted by Gasteiger charge is 2.46. The molecule has 0 radical (unpaired) electrons. The second-order valence-corrected chi connectivity index (χ2v) is 21.3. The number of benzene rings is 7. The molecule has 0 heterocycles. The van der Waals surface area contributed by atoms with E-state index in [-0.39, 0.29) is 0 Å². The molecule has 1 atom stereocenters. The first kappa shape index (κ1) is 44.8. The van der Waals surface area contributed by atoms with Gasteiger partial charge in [-0.05, 0) is 178 Å². The van der Waals surface area contributed by atoms with Gasteiger partial charge >= 0.3 is 0 Å². The van der Waals surface area contributed by atoms with E-state index in [1.807, 2.05) is 0 Å². The molecule has 1 nitrogen and oxygen atoms in total. The van der Waals surface area contributed by atoms with Gasteiger partial charge in [0, 0.05) is 17.1 Å². The van der Waals surface area contributed by atoms with Crippen molar-refractivity contribution < 1.29 is 0 Å². The van der Waals surface area contributed by atoms with E-state index in [2.05, 4.69) is 183 Å². The average Bonchev–Trinajstić information content (AvgIpc) is 3.72. The van der Waals surface area contributed by atoms with Crippen molar-refractivity contribution >= 4 is 17.1 Å². The summed E-state index contributed by atoms with van der Waals surface area (Å²) in [6.45, 7) is 4.63. The fourth-order valence-electron chi connectivity index (χ4n) is 13.6. The maximum absolute atomic E-state index is 2.57. The molecule has 0 aromatic heterocycles. The van der Waals surface area contributed by atoms with Gasteiger partial charge in [0.2, 0.25) is 0 Å². The molecule has 0 amide bonds. The molecule has 68 heavy (non-hydrogen) atoms. The van der Waals surface area contributed by atoms with Crippen LogP contribution in [0.4, 0.5) is 17.1 Å². The Morgan fingerprint density at radius 1 is 0.426 bits per heavy atom. The fraction of sp³-hybridized carbons (Fsp3) is 0.373. The van der Waals surface area contributed by atoms with E-state index in [1.54, 1.807) is 0 Å². The number of hydrogen-bond acceptors (Lipinski definition) is 1. The standard InChI is InChI=1S/C67H73N/c1-3-16-48(4-2)52-25-27-53(28-26-52)57-35-43-61(44-36-57)68(60-41-33-56(34-42-60)51-21-12-7-13-22-51)62-45-46-64-63-23-14-15-24-65(63)67(66(64)47-62,58-37-29-54(30-38-58)49-17-8-5-9-18-49)59-39-31-55(32-40-59)50-19-10-6-11-20-50/h14-15,23-51H,3-13,16-22H2,1-2H3. The summed E-state index contributed by atoms with van der Waals surface area (Å²) in [5.74, 6) is 2.64. The molecule has 11 rings (SSSR count). The Balaban J connectivity index is 1.05. The molecule has 0 saturated heterocycles. The van der Waals surface area contributed by atoms with Crippen molar-refractivity contribution in [2.24, 2.45) is 0 Å². The van der Waals surface area contributed by atoms with Crippen LogP contribution in [0.2, 0.25) is 0 Å². The summed E-state index contributed by atoms with van der Waals surface area (Å²) in [6, 6.07) is 65.2. The van der Waals surface area contributed by atoms with Gasteiger partial charge in [0.25, 0.3) is 0 Å². The highest BCUT2D eigenvalue weighted by Crippen LogP contribution is 2.58. The summed E-state index contributed by atoms with van der Waals surface area (Å²) in [7, 11) is 0. The summed E-state index contributed by atoms with van der Waals surface area (Å²) in [6.07, 6.45) is 23.7. The van der Waals surface area contributed by atoms with Crippen LogP contribution >= 0.6 is 0 Å². The molecule has 7 aromatic carbocycles. The van der Waals surface area contributed by atoms with Crippen molar-refractivity contribution in [2.45, 2.75) is 159 Å². The molecular weight excluding hydrogens is 819 g/mol. The molecule has 346 valence electrons. The molecule has 3 fully saturated rings. The molecule has 0 spiro atoms. The summed E-state index contributed by atoms with van der Waals surface area (Å²) in [5.41, 5.74) is 19.8. The third kappa shape index (κ3) is 8.58. The number of fused-ring (bicyclic) bond motifs is 3. The summed E-state index contributed by atoms with van der Waals surface area (Å²) in [4.78, 5) is 2.53. The van der Waals surface area contributed by atoms with E-state index >= 15 is 0 Å². The molecule has 1 unspecified atom stereocenters. The van der Waals surface area contributed by atoms with Crippen LogP contribution in [0.3, 0.4) is 0 Å². The maximum atomic E-state index is 2.57. The summed E-state index contributed by atoms with van der Waals surface area (Å²) < 4.78 is 0. The second-order valence-electron chi connectivity index (χ2n) is 21.3. The normalized spacial score (nSPS) is 17.9. The first-order valence-electron chi connectivity index (χ1n) is 27.2. The van der Waals surface area contributed by atoms with Crippen LogP contribution in [0.1, 0.15) is 198 Å². The van der Waals surface area contributed by atoms with Crippen LogP contribution in [0.5, 0.6) is 0 Å². The van der Waals surface area contributed by atoms with Gasteiger partial charge in [-0.2, -0.15) is 0 Å². The van der Waals surface area contributed by atoms with Crippen molar-refractivity contribution in [3.05, 3.63) is 208 Å². The van der Waals surface area contributed by atoms with E-state index < -0.39 is 5.41 Å². The Hall–Kier alpha value is -5.66. The van der Waals surface area contributed by atoms with Crippen molar-refractivity contribution in [1.82, 2.24) is 0 Å². The van der Waals surface area contributed by atoms with Crippen LogP contribution in [0, 0.1) is 0 Å². The number of anilines is 3. The lowest BCUT2D eigenvalue weighted by atomic mass is 9.67. The molecule has 7 aromatic rings. The predicted octanol–water partition coefficient (Wildman–Crippen LogP) is 19.6. The Morgan fingerprint density at radius 3 is 1.34 bits per heavy atom. The Morgan fingerprint density at radius 2 is 0.853 bits per heavy atom. The van der Waals surface area contributed by atoms with Gasteiger partial charge in [0.15, 0.2) is 0 Å². The highest BCUT2D eigenvalue weighted by atomic mass is 15.1. The molecule has 4 aliphatic rings. The van der Waals surface area contributed by atoms with Crippen molar-refractivity contribution in [3.63, 3.8) is 0 Å². The third-order valence-corrected chi connectivity index (χ3v) is 17.3. The third-order valence-electron chi connectivity index (χ3n) is 17.3. The smallest absolute Gasteiger partial charge is 0.0714 e. The topological polar surface area (TPSA) is 3.24 Å². The first-order chi connectivity index (χ1) is 33.6. The van der Waals surface area contributed by atoms with Gasteiger partial charge in [-0.25, -0.2) is 0 Å². The van der Waals surface area contributed by atoms with Gasteiger partial charge in [-0.1, -0.05) is 205 Å². The lowest BCUT2D eigenvalue weighted by Gasteiger charge is -2.35. The quantitative estimate of drug-likeness (QED) is 0.111. The minimum atomic E-state index is -0.474. The van der Waals surface area contributed by atoms with Crippen LogP contribution in [-0.4, -0.2) is 0 Å². The zero-order valence-corrected chi connectivity index (χ0v) is 41.1. The van der Waals surface area contributed by atoms with Gasteiger partial charge in [-0.3, -0.25) is 0 Å². The Labute approximate surface area is 409 Å². The zero-order chi connectivity index (χ0) is 45.9. The van der Waals surface area contributed by atoms with Gasteiger partial charge in [0.1, 0.15) is 0 Å². The second kappa shape index (κ2) is 20.1. The molecule has 3 saturated carbocycles. The number of nitrogens with zero attached hydrogens (tertiary/aromatic N) is 1. The molecule has 0 bridgehead atoms. The zero-order valence-electron chi connectivity index (χ0n) is 41.1. The predicted molar refractivity (Wildman–Crippen MR) is 289 cm³/mol. The van der Waals surface area contributed by atoms with Gasteiger partial charge in [0.05, 0.1) is 5.41 Å². The van der Waals surface area contributed by atoms with Gasteiger partial charge < -0.3 is 4.90 Å². The Kier molecular flexibility index (Phi) is 13.3. The minimum absolute atomic E-state index is 0.474. The SMILES string of the molecule is CCCC(CC)c1ccc(-c2ccc(N(c3ccc(C4CCCCC4)cc3)c3ccc4c(c3)C(c3ccc(C5CCCCC5)cc3)(c3ccc(C5CCCCC5)cc3)c3ccccc3-4)cc2)cc1. The van der Waals surface area contributed by atoms with Crippen molar-refractivity contribution in [2.75, 3.05) is 4.90 Å². The number of rotatable bonds is 13. The largest absolute Gasteiger partial charge is 0.310 e. The Bertz CT molecular complexity index is 2680. The average molecular weight is 892 g/mol. The summed E-state index contributed by atoms with van der Waals surface area (Å²) in [5, 5.41) is 0. The maximum Gasteiger partial charge on any atom is 0.0714 e. The van der Waals surface area contributed by atoms with E-state index in [1.165, 1.54) is 199 Å². The first-order valence-corrected chi connectivity index (χ1v) is 27.2. The van der Waals surface area contributed by atoms with Crippen LogP contribution in [-0.2, 0) is 5.41 Å². The monoisotopic (exact) mass is 892 g/mol. The molecule has 0 aliphatic heterocycles. The van der Waals surface area contributed by atoms with Crippen molar-refractivity contribution in [3.8, 4) is 22.3 Å². The fourth-order valence-corrected chi connectivity index (χ4v) is 13.6. The lowest BCUT2D eigenvalue weighted by Crippen LogP contribution is -2.29. The molecule has 4 aliphatic carbocycles.